The molecule has 2 N–H and O–H groups in total. The Balaban J connectivity index is 1.71. The summed E-state index contributed by atoms with van der Waals surface area (Å²) in [6.07, 6.45) is 0.243. The Kier molecular flexibility index (Phi) is 3.49. The van der Waals surface area contributed by atoms with E-state index in [4.69, 9.17) is 11.6 Å². The molecule has 7 nitrogen and oxygen atoms in total. The summed E-state index contributed by atoms with van der Waals surface area (Å²) >= 11 is 6.02. The molecule has 0 aliphatic heterocycles. The second-order valence-electron chi connectivity index (χ2n) is 5.20. The first-order valence-corrected chi connectivity index (χ1v) is 7.44. The van der Waals surface area contributed by atoms with Crippen LogP contribution in [0.15, 0.2) is 30.7 Å². The van der Waals surface area contributed by atoms with Gasteiger partial charge in [0.2, 0.25) is 5.95 Å². The number of halogens is 4. The highest BCUT2D eigenvalue weighted by molar-refractivity contribution is 6.29. The van der Waals surface area contributed by atoms with Crippen molar-refractivity contribution in [1.29, 1.82) is 0 Å². The Hall–Kier alpha value is -2.88. The van der Waals surface area contributed by atoms with Crippen LogP contribution < -0.4 is 5.32 Å². The van der Waals surface area contributed by atoms with Crippen molar-refractivity contribution in [3.63, 3.8) is 0 Å². The van der Waals surface area contributed by atoms with Crippen LogP contribution in [0.1, 0.15) is 0 Å². The molecule has 4 rings (SSSR count). The molecule has 0 saturated heterocycles. The molecule has 25 heavy (non-hydrogen) atoms. The highest BCUT2D eigenvalue weighted by Crippen LogP contribution is 2.27. The molecule has 4 aromatic rings. The van der Waals surface area contributed by atoms with Gasteiger partial charge in [0.25, 0.3) is 0 Å². The van der Waals surface area contributed by atoms with Gasteiger partial charge in [-0.25, -0.2) is 14.5 Å². The van der Waals surface area contributed by atoms with Crippen LogP contribution in [0.25, 0.3) is 27.9 Å². The zero-order valence-electron chi connectivity index (χ0n) is 12.3. The summed E-state index contributed by atoms with van der Waals surface area (Å²) in [6.45, 7) is -1.20. The molecule has 0 saturated carbocycles. The SMILES string of the molecule is FC(F)(F)CNc1ncc2c(-c3ccc4ncc(Cl)n4n3)c[nH]c2n1. The van der Waals surface area contributed by atoms with Crippen LogP contribution in [0, 0.1) is 0 Å². The number of aromatic nitrogens is 6. The number of hydrogen-bond acceptors (Lipinski definition) is 5. The maximum atomic E-state index is 12.3. The molecular formula is C14H9ClF3N7. The zero-order valence-corrected chi connectivity index (χ0v) is 13.1. The van der Waals surface area contributed by atoms with E-state index in [9.17, 15) is 13.2 Å². The van der Waals surface area contributed by atoms with E-state index in [1.807, 2.05) is 0 Å². The van der Waals surface area contributed by atoms with E-state index < -0.39 is 12.7 Å². The van der Waals surface area contributed by atoms with Crippen molar-refractivity contribution in [1.82, 2.24) is 29.5 Å². The van der Waals surface area contributed by atoms with Crippen molar-refractivity contribution in [3.8, 4) is 11.3 Å². The predicted octanol–water partition coefficient (Wildman–Crippen LogP) is 3.30. The number of anilines is 1. The number of alkyl halides is 3. The lowest BCUT2D eigenvalue weighted by Crippen LogP contribution is -2.22. The maximum Gasteiger partial charge on any atom is 0.405 e. The van der Waals surface area contributed by atoms with Gasteiger partial charge < -0.3 is 10.3 Å². The minimum atomic E-state index is -4.34. The Morgan fingerprint density at radius 3 is 2.84 bits per heavy atom. The molecule has 0 aliphatic carbocycles. The smallest absolute Gasteiger partial charge is 0.345 e. The summed E-state index contributed by atoms with van der Waals surface area (Å²) in [4.78, 5) is 15.0. The summed E-state index contributed by atoms with van der Waals surface area (Å²) in [7, 11) is 0. The first-order chi connectivity index (χ1) is 11.9. The number of nitrogens with one attached hydrogen (secondary N) is 2. The van der Waals surface area contributed by atoms with Crippen molar-refractivity contribution in [2.45, 2.75) is 6.18 Å². The van der Waals surface area contributed by atoms with E-state index in [-0.39, 0.29) is 5.95 Å². The molecule has 0 radical (unpaired) electrons. The molecule has 4 heterocycles. The molecule has 0 bridgehead atoms. The average molecular weight is 368 g/mol. The van der Waals surface area contributed by atoms with Gasteiger partial charge in [-0.1, -0.05) is 11.6 Å². The van der Waals surface area contributed by atoms with E-state index in [2.05, 4.69) is 30.4 Å². The molecule has 11 heteroatoms. The Bertz CT molecular complexity index is 1070. The topological polar surface area (TPSA) is 83.8 Å². The fourth-order valence-corrected chi connectivity index (χ4v) is 2.55. The summed E-state index contributed by atoms with van der Waals surface area (Å²) in [5.41, 5.74) is 2.29. The van der Waals surface area contributed by atoms with Crippen LogP contribution in [0.5, 0.6) is 0 Å². The lowest BCUT2D eigenvalue weighted by Gasteiger charge is -2.07. The molecule has 0 amide bonds. The lowest BCUT2D eigenvalue weighted by atomic mass is 10.2. The minimum absolute atomic E-state index is 0.112. The van der Waals surface area contributed by atoms with E-state index in [1.54, 1.807) is 18.3 Å². The second-order valence-corrected chi connectivity index (χ2v) is 5.58. The van der Waals surface area contributed by atoms with E-state index >= 15 is 0 Å². The largest absolute Gasteiger partial charge is 0.405 e. The number of nitrogens with zero attached hydrogens (tertiary/aromatic N) is 5. The first kappa shape index (κ1) is 15.6. The van der Waals surface area contributed by atoms with Crippen molar-refractivity contribution >= 4 is 34.2 Å². The highest BCUT2D eigenvalue weighted by atomic mass is 35.5. The van der Waals surface area contributed by atoms with Crippen LogP contribution in [0.4, 0.5) is 19.1 Å². The van der Waals surface area contributed by atoms with Gasteiger partial charge >= 0.3 is 6.18 Å². The van der Waals surface area contributed by atoms with Crippen LogP contribution >= 0.6 is 11.6 Å². The minimum Gasteiger partial charge on any atom is -0.345 e. The van der Waals surface area contributed by atoms with Gasteiger partial charge in [0.05, 0.1) is 11.9 Å². The normalized spacial score (nSPS) is 12.2. The Labute approximate surface area is 142 Å². The number of hydrogen-bond donors (Lipinski definition) is 2. The van der Waals surface area contributed by atoms with Crippen LogP contribution in [-0.4, -0.2) is 42.3 Å². The van der Waals surface area contributed by atoms with Crippen molar-refractivity contribution in [2.24, 2.45) is 0 Å². The third-order valence-electron chi connectivity index (χ3n) is 3.48. The Morgan fingerprint density at radius 2 is 2.04 bits per heavy atom. The van der Waals surface area contributed by atoms with Crippen molar-refractivity contribution in [2.75, 3.05) is 11.9 Å². The van der Waals surface area contributed by atoms with Crippen molar-refractivity contribution in [3.05, 3.63) is 35.9 Å². The van der Waals surface area contributed by atoms with E-state index in [1.165, 1.54) is 16.9 Å². The van der Waals surface area contributed by atoms with Gasteiger partial charge in [0.15, 0.2) is 10.8 Å². The predicted molar refractivity (Wildman–Crippen MR) is 85.4 cm³/mol. The molecule has 0 fully saturated rings. The molecule has 4 aromatic heterocycles. The average Bonchev–Trinajstić information content (AvgIpc) is 3.15. The molecule has 0 spiro atoms. The summed E-state index contributed by atoms with van der Waals surface area (Å²) in [6, 6.07) is 3.52. The monoisotopic (exact) mass is 367 g/mol. The number of aromatic amines is 1. The maximum absolute atomic E-state index is 12.3. The third kappa shape index (κ3) is 2.95. The molecular weight excluding hydrogens is 359 g/mol. The standard InChI is InChI=1S/C14H9ClF3N7/c15-10-5-19-11-2-1-9(24-25(10)11)7-3-20-12-8(7)4-21-13(23-12)22-6-14(16,17)18/h1-5H,6H2,(H2,20,21,22,23). The number of H-pyrrole nitrogens is 1. The quantitative estimate of drug-likeness (QED) is 0.580. The Morgan fingerprint density at radius 1 is 1.20 bits per heavy atom. The number of fused-ring (bicyclic) bond motifs is 2. The van der Waals surface area contributed by atoms with Crippen molar-refractivity contribution < 1.29 is 13.2 Å². The summed E-state index contributed by atoms with van der Waals surface area (Å²) in [5.74, 6) is -0.112. The van der Waals surface area contributed by atoms with Gasteiger partial charge in [-0.05, 0) is 12.1 Å². The van der Waals surface area contributed by atoms with Gasteiger partial charge in [-0.15, -0.1) is 0 Å². The summed E-state index contributed by atoms with van der Waals surface area (Å²) in [5, 5.41) is 7.53. The molecule has 0 aromatic carbocycles. The lowest BCUT2D eigenvalue weighted by molar-refractivity contribution is -0.115. The number of imidazole rings is 1. The molecule has 0 aliphatic rings. The molecule has 128 valence electrons. The van der Waals surface area contributed by atoms with Gasteiger partial charge in [-0.2, -0.15) is 23.3 Å². The fraction of sp³-hybridized carbons (Fsp3) is 0.143. The van der Waals surface area contributed by atoms with Crippen LogP contribution in [0.2, 0.25) is 5.15 Å². The zero-order chi connectivity index (χ0) is 17.6. The highest BCUT2D eigenvalue weighted by Gasteiger charge is 2.27. The molecule has 0 unspecified atom stereocenters. The van der Waals surface area contributed by atoms with Gasteiger partial charge in [0.1, 0.15) is 12.2 Å². The summed E-state index contributed by atoms with van der Waals surface area (Å²) < 4.78 is 38.3. The van der Waals surface area contributed by atoms with E-state index in [0.717, 1.165) is 0 Å². The second kappa shape index (κ2) is 5.59. The van der Waals surface area contributed by atoms with E-state index in [0.29, 0.717) is 33.1 Å². The fourth-order valence-electron chi connectivity index (χ4n) is 2.37. The van der Waals surface area contributed by atoms with Gasteiger partial charge in [-0.3, -0.25) is 0 Å². The molecule has 0 atom stereocenters. The number of rotatable bonds is 3. The third-order valence-corrected chi connectivity index (χ3v) is 3.73. The first-order valence-electron chi connectivity index (χ1n) is 7.06. The van der Waals surface area contributed by atoms with Crippen LogP contribution in [-0.2, 0) is 0 Å². The van der Waals surface area contributed by atoms with Gasteiger partial charge in [0, 0.05) is 23.3 Å². The van der Waals surface area contributed by atoms with Crippen LogP contribution in [0.3, 0.4) is 0 Å².